The van der Waals surface area contributed by atoms with Crippen molar-refractivity contribution in [1.29, 1.82) is 0 Å². The van der Waals surface area contributed by atoms with E-state index in [1.807, 2.05) is 0 Å². The van der Waals surface area contributed by atoms with Gasteiger partial charge in [0, 0.05) is 17.6 Å². The van der Waals surface area contributed by atoms with Crippen LogP contribution in [-0.2, 0) is 6.54 Å². The molecule has 16 heavy (non-hydrogen) atoms. The van der Waals surface area contributed by atoms with Crippen molar-refractivity contribution in [3.05, 3.63) is 34.6 Å². The van der Waals surface area contributed by atoms with Crippen LogP contribution >= 0.6 is 11.6 Å². The minimum Gasteiger partial charge on any atom is -0.310 e. The zero-order chi connectivity index (χ0) is 12.1. The molecule has 1 rings (SSSR count). The standard InChI is InChI=1S/C13H19ClFN/c1-9(2)6-10(3)16-8-11-7-12(15)4-5-13(11)14/h4-5,7,9-10,16H,6,8H2,1-3H3. The van der Waals surface area contributed by atoms with Crippen molar-refractivity contribution in [2.24, 2.45) is 5.92 Å². The molecule has 0 bridgehead atoms. The number of nitrogens with one attached hydrogen (secondary N) is 1. The van der Waals surface area contributed by atoms with Crippen molar-refractivity contribution in [3.63, 3.8) is 0 Å². The first-order valence-electron chi connectivity index (χ1n) is 5.66. The minimum atomic E-state index is -0.238. The molecule has 0 saturated carbocycles. The molecule has 1 nitrogen and oxygen atoms in total. The Morgan fingerprint density at radius 1 is 1.31 bits per heavy atom. The molecule has 3 heteroatoms. The van der Waals surface area contributed by atoms with E-state index in [2.05, 4.69) is 26.1 Å². The number of rotatable bonds is 5. The quantitative estimate of drug-likeness (QED) is 0.824. The normalized spacial score (nSPS) is 13.1. The van der Waals surface area contributed by atoms with Crippen LogP contribution in [0.3, 0.4) is 0 Å². The Morgan fingerprint density at radius 3 is 2.62 bits per heavy atom. The fraction of sp³-hybridized carbons (Fsp3) is 0.538. The summed E-state index contributed by atoms with van der Waals surface area (Å²) in [5.74, 6) is 0.420. The highest BCUT2D eigenvalue weighted by molar-refractivity contribution is 6.31. The highest BCUT2D eigenvalue weighted by atomic mass is 35.5. The predicted molar refractivity (Wildman–Crippen MR) is 67.2 cm³/mol. The molecule has 1 unspecified atom stereocenters. The zero-order valence-electron chi connectivity index (χ0n) is 10.1. The lowest BCUT2D eigenvalue weighted by Gasteiger charge is -2.16. The summed E-state index contributed by atoms with van der Waals surface area (Å²) < 4.78 is 13.0. The number of benzene rings is 1. The second-order valence-electron chi connectivity index (χ2n) is 4.65. The molecule has 0 aliphatic rings. The van der Waals surface area contributed by atoms with E-state index in [9.17, 15) is 4.39 Å². The van der Waals surface area contributed by atoms with Gasteiger partial charge in [0.1, 0.15) is 5.82 Å². The van der Waals surface area contributed by atoms with Gasteiger partial charge in [0.05, 0.1) is 0 Å². The lowest BCUT2D eigenvalue weighted by molar-refractivity contribution is 0.441. The minimum absolute atomic E-state index is 0.238. The number of halogens is 2. The van der Waals surface area contributed by atoms with Gasteiger partial charge in [-0.15, -0.1) is 0 Å². The van der Waals surface area contributed by atoms with Crippen molar-refractivity contribution in [2.45, 2.75) is 39.8 Å². The largest absolute Gasteiger partial charge is 0.310 e. The highest BCUT2D eigenvalue weighted by Gasteiger charge is 2.06. The first-order chi connectivity index (χ1) is 7.49. The summed E-state index contributed by atoms with van der Waals surface area (Å²) in [6.45, 7) is 7.12. The van der Waals surface area contributed by atoms with Gasteiger partial charge in [-0.25, -0.2) is 4.39 Å². The van der Waals surface area contributed by atoms with Crippen LogP contribution in [0.25, 0.3) is 0 Å². The zero-order valence-corrected chi connectivity index (χ0v) is 10.8. The molecule has 0 aliphatic heterocycles. The second-order valence-corrected chi connectivity index (χ2v) is 5.05. The van der Waals surface area contributed by atoms with E-state index in [0.717, 1.165) is 12.0 Å². The summed E-state index contributed by atoms with van der Waals surface area (Å²) >= 11 is 5.98. The third-order valence-electron chi connectivity index (χ3n) is 2.47. The summed E-state index contributed by atoms with van der Waals surface area (Å²) in [5, 5.41) is 3.96. The fourth-order valence-corrected chi connectivity index (χ4v) is 1.94. The van der Waals surface area contributed by atoms with Gasteiger partial charge in [0.25, 0.3) is 0 Å². The Labute approximate surface area is 102 Å². The monoisotopic (exact) mass is 243 g/mol. The first-order valence-corrected chi connectivity index (χ1v) is 6.04. The van der Waals surface area contributed by atoms with Crippen molar-refractivity contribution in [3.8, 4) is 0 Å². The molecule has 0 radical (unpaired) electrons. The van der Waals surface area contributed by atoms with Gasteiger partial charge in [0.2, 0.25) is 0 Å². The fourth-order valence-electron chi connectivity index (χ4n) is 1.75. The predicted octanol–water partition coefficient (Wildman–Crippen LogP) is 4.00. The highest BCUT2D eigenvalue weighted by Crippen LogP contribution is 2.17. The Balaban J connectivity index is 2.51. The molecular weight excluding hydrogens is 225 g/mol. The van der Waals surface area contributed by atoms with Crippen LogP contribution in [0.2, 0.25) is 5.02 Å². The van der Waals surface area contributed by atoms with E-state index in [-0.39, 0.29) is 5.82 Å². The molecule has 0 spiro atoms. The first kappa shape index (κ1) is 13.5. The summed E-state index contributed by atoms with van der Waals surface area (Å²) in [5.41, 5.74) is 0.817. The molecule has 1 N–H and O–H groups in total. The summed E-state index contributed by atoms with van der Waals surface area (Å²) in [7, 11) is 0. The van der Waals surface area contributed by atoms with E-state index < -0.39 is 0 Å². The molecule has 1 atom stereocenters. The van der Waals surface area contributed by atoms with E-state index >= 15 is 0 Å². The lowest BCUT2D eigenvalue weighted by Crippen LogP contribution is -2.27. The van der Waals surface area contributed by atoms with Gasteiger partial charge in [-0.2, -0.15) is 0 Å². The van der Waals surface area contributed by atoms with E-state index in [1.54, 1.807) is 6.07 Å². The maximum Gasteiger partial charge on any atom is 0.123 e. The maximum atomic E-state index is 13.0. The molecule has 90 valence electrons. The third kappa shape index (κ3) is 4.50. The Bertz CT molecular complexity index is 339. The summed E-state index contributed by atoms with van der Waals surface area (Å²) in [4.78, 5) is 0. The van der Waals surface area contributed by atoms with Gasteiger partial charge < -0.3 is 5.32 Å². The van der Waals surface area contributed by atoms with Crippen LogP contribution in [0, 0.1) is 11.7 Å². The van der Waals surface area contributed by atoms with Gasteiger partial charge in [-0.1, -0.05) is 25.4 Å². The maximum absolute atomic E-state index is 13.0. The lowest BCUT2D eigenvalue weighted by atomic mass is 10.1. The van der Waals surface area contributed by atoms with Crippen molar-refractivity contribution in [1.82, 2.24) is 5.32 Å². The molecule has 1 aromatic rings. The summed E-state index contributed by atoms with van der Waals surface area (Å²) in [6, 6.07) is 4.88. The Kier molecular flexibility index (Phi) is 5.23. The van der Waals surface area contributed by atoms with E-state index in [4.69, 9.17) is 11.6 Å². The third-order valence-corrected chi connectivity index (χ3v) is 2.84. The molecular formula is C13H19ClFN. The molecule has 1 aromatic carbocycles. The smallest absolute Gasteiger partial charge is 0.123 e. The van der Waals surface area contributed by atoms with E-state index in [0.29, 0.717) is 23.5 Å². The Morgan fingerprint density at radius 2 is 2.00 bits per heavy atom. The van der Waals surface area contributed by atoms with E-state index in [1.165, 1.54) is 12.1 Å². The number of hydrogen-bond acceptors (Lipinski definition) is 1. The van der Waals surface area contributed by atoms with Gasteiger partial charge in [-0.05, 0) is 43.0 Å². The van der Waals surface area contributed by atoms with Crippen molar-refractivity contribution < 1.29 is 4.39 Å². The van der Waals surface area contributed by atoms with Gasteiger partial charge in [0.15, 0.2) is 0 Å². The average molecular weight is 244 g/mol. The molecule has 0 amide bonds. The SMILES string of the molecule is CC(C)CC(C)NCc1cc(F)ccc1Cl. The van der Waals surface area contributed by atoms with Crippen molar-refractivity contribution in [2.75, 3.05) is 0 Å². The van der Waals surface area contributed by atoms with Gasteiger partial charge in [-0.3, -0.25) is 0 Å². The Hall–Kier alpha value is -0.600. The van der Waals surface area contributed by atoms with Crippen LogP contribution in [0.4, 0.5) is 4.39 Å². The van der Waals surface area contributed by atoms with Gasteiger partial charge >= 0.3 is 0 Å². The summed E-state index contributed by atoms with van der Waals surface area (Å²) in [6.07, 6.45) is 1.10. The molecule has 0 aliphatic carbocycles. The molecule has 0 aromatic heterocycles. The van der Waals surface area contributed by atoms with Crippen LogP contribution in [0.1, 0.15) is 32.8 Å². The molecule has 0 saturated heterocycles. The molecule has 0 heterocycles. The number of hydrogen-bond donors (Lipinski definition) is 1. The van der Waals surface area contributed by atoms with Crippen molar-refractivity contribution >= 4 is 11.6 Å². The second kappa shape index (κ2) is 6.21. The van der Waals surface area contributed by atoms with Crippen LogP contribution in [0.15, 0.2) is 18.2 Å². The van der Waals surface area contributed by atoms with Crippen LogP contribution in [0.5, 0.6) is 0 Å². The van der Waals surface area contributed by atoms with Crippen LogP contribution in [-0.4, -0.2) is 6.04 Å². The van der Waals surface area contributed by atoms with Crippen LogP contribution < -0.4 is 5.32 Å². The average Bonchev–Trinajstić information content (AvgIpc) is 2.18. The topological polar surface area (TPSA) is 12.0 Å². The molecule has 0 fully saturated rings.